The first-order valence-corrected chi connectivity index (χ1v) is 7.59. The summed E-state index contributed by atoms with van der Waals surface area (Å²) in [4.78, 5) is 22.4. The van der Waals surface area contributed by atoms with Crippen molar-refractivity contribution in [2.75, 3.05) is 12.3 Å². The summed E-state index contributed by atoms with van der Waals surface area (Å²) in [5.41, 5.74) is 4.40. The average Bonchev–Trinajstić information content (AvgIpc) is 2.73. The normalized spacial score (nSPS) is 21.5. The molecular formula is C15H20FN3O4. The SMILES string of the molecule is Nc1c(C(=O)NC2CCCCCC2CO)cc(F)cc1[N+](=O)[O-]. The van der Waals surface area contributed by atoms with Crippen molar-refractivity contribution in [2.45, 2.75) is 38.1 Å². The van der Waals surface area contributed by atoms with Crippen LogP contribution in [0.3, 0.4) is 0 Å². The zero-order valence-corrected chi connectivity index (χ0v) is 12.6. The van der Waals surface area contributed by atoms with Crippen molar-refractivity contribution in [3.8, 4) is 0 Å². The Morgan fingerprint density at radius 1 is 1.39 bits per heavy atom. The summed E-state index contributed by atoms with van der Waals surface area (Å²) in [5, 5.41) is 23.1. The lowest BCUT2D eigenvalue weighted by molar-refractivity contribution is -0.384. The topological polar surface area (TPSA) is 118 Å². The maximum Gasteiger partial charge on any atom is 0.295 e. The monoisotopic (exact) mass is 325 g/mol. The molecule has 0 saturated heterocycles. The van der Waals surface area contributed by atoms with Gasteiger partial charge in [-0.05, 0) is 18.9 Å². The second-order valence-corrected chi connectivity index (χ2v) is 5.80. The number of nitrogens with zero attached hydrogens (tertiary/aromatic N) is 1. The summed E-state index contributed by atoms with van der Waals surface area (Å²) >= 11 is 0. The lowest BCUT2D eigenvalue weighted by Crippen LogP contribution is -2.41. The molecule has 1 amide bonds. The summed E-state index contributed by atoms with van der Waals surface area (Å²) in [6, 6.07) is 1.33. The van der Waals surface area contributed by atoms with E-state index in [0.29, 0.717) is 12.5 Å². The zero-order chi connectivity index (χ0) is 17.0. The molecule has 1 saturated carbocycles. The number of nitrogens with two attached hydrogens (primary N) is 1. The number of nitrogen functional groups attached to an aromatic ring is 1. The van der Waals surface area contributed by atoms with Crippen molar-refractivity contribution in [3.05, 3.63) is 33.6 Å². The minimum Gasteiger partial charge on any atom is -0.396 e. The van der Waals surface area contributed by atoms with Gasteiger partial charge in [0.15, 0.2) is 0 Å². The fraction of sp³-hybridized carbons (Fsp3) is 0.533. The number of nitro groups is 1. The Kier molecular flexibility index (Phi) is 5.49. The number of carbonyl (C=O) groups is 1. The Bertz CT molecular complexity index is 609. The molecule has 1 aromatic rings. The number of halogens is 1. The van der Waals surface area contributed by atoms with Gasteiger partial charge in [0.2, 0.25) is 0 Å². The number of nitrogens with one attached hydrogen (secondary N) is 1. The average molecular weight is 325 g/mol. The molecule has 0 heterocycles. The predicted octanol–water partition coefficient (Wildman–Crippen LogP) is 1.99. The van der Waals surface area contributed by atoms with Crippen LogP contribution in [0.2, 0.25) is 0 Å². The number of hydrogen-bond acceptors (Lipinski definition) is 5. The number of amides is 1. The van der Waals surface area contributed by atoms with Gasteiger partial charge in [-0.1, -0.05) is 19.3 Å². The molecule has 23 heavy (non-hydrogen) atoms. The molecule has 8 heteroatoms. The van der Waals surface area contributed by atoms with Gasteiger partial charge in [0.05, 0.1) is 16.6 Å². The van der Waals surface area contributed by atoms with Gasteiger partial charge >= 0.3 is 0 Å². The van der Waals surface area contributed by atoms with Crippen molar-refractivity contribution in [3.63, 3.8) is 0 Å². The van der Waals surface area contributed by atoms with Gasteiger partial charge in [-0.2, -0.15) is 0 Å². The van der Waals surface area contributed by atoms with Gasteiger partial charge < -0.3 is 16.2 Å². The minimum atomic E-state index is -0.893. The zero-order valence-electron chi connectivity index (χ0n) is 12.6. The molecule has 1 aliphatic rings. The van der Waals surface area contributed by atoms with Crippen LogP contribution in [0.1, 0.15) is 42.5 Å². The number of aliphatic hydroxyl groups is 1. The van der Waals surface area contributed by atoms with Crippen molar-refractivity contribution in [1.29, 1.82) is 0 Å². The summed E-state index contributed by atoms with van der Waals surface area (Å²) in [6.45, 7) is -0.0519. The van der Waals surface area contributed by atoms with Crippen LogP contribution in [0, 0.1) is 21.8 Å². The molecule has 0 radical (unpaired) electrons. The maximum atomic E-state index is 13.5. The highest BCUT2D eigenvalue weighted by Crippen LogP contribution is 2.28. The van der Waals surface area contributed by atoms with E-state index in [0.717, 1.165) is 31.7 Å². The van der Waals surface area contributed by atoms with Crippen LogP contribution in [-0.4, -0.2) is 28.6 Å². The molecule has 0 aliphatic heterocycles. The molecule has 1 aromatic carbocycles. The van der Waals surface area contributed by atoms with Gasteiger partial charge in [-0.3, -0.25) is 14.9 Å². The Morgan fingerprint density at radius 3 is 2.74 bits per heavy atom. The fourth-order valence-corrected chi connectivity index (χ4v) is 2.98. The largest absolute Gasteiger partial charge is 0.396 e. The van der Waals surface area contributed by atoms with Crippen LogP contribution in [0.4, 0.5) is 15.8 Å². The smallest absolute Gasteiger partial charge is 0.295 e. The molecule has 126 valence electrons. The van der Waals surface area contributed by atoms with Crippen LogP contribution < -0.4 is 11.1 Å². The van der Waals surface area contributed by atoms with Crippen molar-refractivity contribution in [1.82, 2.24) is 5.32 Å². The van der Waals surface area contributed by atoms with Crippen LogP contribution in [0.5, 0.6) is 0 Å². The van der Waals surface area contributed by atoms with Gasteiger partial charge in [0.25, 0.3) is 11.6 Å². The van der Waals surface area contributed by atoms with E-state index < -0.39 is 22.3 Å². The Balaban J connectivity index is 2.24. The van der Waals surface area contributed by atoms with Crippen LogP contribution in [0.15, 0.2) is 12.1 Å². The lowest BCUT2D eigenvalue weighted by atomic mass is 9.95. The molecule has 2 unspecified atom stereocenters. The molecule has 4 N–H and O–H groups in total. The van der Waals surface area contributed by atoms with E-state index in [9.17, 15) is 24.4 Å². The third-order valence-corrected chi connectivity index (χ3v) is 4.27. The Hall–Kier alpha value is -2.22. The van der Waals surface area contributed by atoms with E-state index in [1.807, 2.05) is 0 Å². The second-order valence-electron chi connectivity index (χ2n) is 5.80. The van der Waals surface area contributed by atoms with Gasteiger partial charge in [-0.15, -0.1) is 0 Å². The molecule has 1 aliphatic carbocycles. The van der Waals surface area contributed by atoms with Crippen molar-refractivity contribution < 1.29 is 19.2 Å². The number of nitro benzene ring substituents is 1. The maximum absolute atomic E-state index is 13.5. The lowest BCUT2D eigenvalue weighted by Gasteiger charge is -2.24. The number of carbonyl (C=O) groups excluding carboxylic acids is 1. The van der Waals surface area contributed by atoms with Gasteiger partial charge in [0, 0.05) is 18.6 Å². The van der Waals surface area contributed by atoms with E-state index in [-0.39, 0.29) is 29.8 Å². The van der Waals surface area contributed by atoms with E-state index in [1.54, 1.807) is 0 Å². The third kappa shape index (κ3) is 3.95. The highest BCUT2D eigenvalue weighted by Gasteiger charge is 2.27. The van der Waals surface area contributed by atoms with Crippen molar-refractivity contribution in [2.24, 2.45) is 5.92 Å². The molecule has 7 nitrogen and oxygen atoms in total. The Labute approximate surface area is 132 Å². The standard InChI is InChI=1S/C15H20FN3O4/c16-10-6-11(14(17)13(7-10)19(22)23)15(21)18-12-5-3-1-2-4-9(12)8-20/h6-7,9,12,20H,1-5,8,17H2,(H,18,21). The quantitative estimate of drug-likeness (QED) is 0.338. The van der Waals surface area contributed by atoms with Crippen molar-refractivity contribution >= 4 is 17.3 Å². The van der Waals surface area contributed by atoms with E-state index >= 15 is 0 Å². The first-order chi connectivity index (χ1) is 10.9. The summed E-state index contributed by atoms with van der Waals surface area (Å²) in [6.07, 6.45) is 4.41. The molecule has 0 bridgehead atoms. The second kappa shape index (κ2) is 7.36. The van der Waals surface area contributed by atoms with E-state index in [4.69, 9.17) is 5.73 Å². The predicted molar refractivity (Wildman–Crippen MR) is 82.4 cm³/mol. The highest BCUT2D eigenvalue weighted by atomic mass is 19.1. The number of anilines is 1. The molecule has 1 fully saturated rings. The first-order valence-electron chi connectivity index (χ1n) is 7.59. The molecular weight excluding hydrogens is 305 g/mol. The van der Waals surface area contributed by atoms with Gasteiger partial charge in [-0.25, -0.2) is 4.39 Å². The summed E-state index contributed by atoms with van der Waals surface area (Å²) in [7, 11) is 0. The van der Waals surface area contributed by atoms with E-state index in [1.165, 1.54) is 0 Å². The van der Waals surface area contributed by atoms with Gasteiger partial charge in [0.1, 0.15) is 11.5 Å². The molecule has 0 spiro atoms. The number of hydrogen-bond donors (Lipinski definition) is 3. The number of benzene rings is 1. The van der Waals surface area contributed by atoms with Crippen LogP contribution in [-0.2, 0) is 0 Å². The van der Waals surface area contributed by atoms with Crippen LogP contribution in [0.25, 0.3) is 0 Å². The Morgan fingerprint density at radius 2 is 2.09 bits per heavy atom. The molecule has 2 rings (SSSR count). The summed E-state index contributed by atoms with van der Waals surface area (Å²) < 4.78 is 13.5. The summed E-state index contributed by atoms with van der Waals surface area (Å²) in [5.74, 6) is -1.63. The molecule has 2 atom stereocenters. The number of rotatable bonds is 4. The van der Waals surface area contributed by atoms with E-state index in [2.05, 4.69) is 5.32 Å². The minimum absolute atomic E-state index is 0.0519. The number of aliphatic hydroxyl groups excluding tert-OH is 1. The highest BCUT2D eigenvalue weighted by molar-refractivity contribution is 6.01. The fourth-order valence-electron chi connectivity index (χ4n) is 2.98. The third-order valence-electron chi connectivity index (χ3n) is 4.27. The first kappa shape index (κ1) is 17.1. The molecule has 0 aromatic heterocycles. The van der Waals surface area contributed by atoms with Crippen LogP contribution >= 0.6 is 0 Å².